The van der Waals surface area contributed by atoms with Crippen LogP contribution in [0.15, 0.2) is 6.20 Å². The standard InChI is InChI=1S/C9H15N3S2/c1-9(2)3-4-13-6-7(9)11-8-5-10-12-14-8/h5,7,11H,3-4,6H2,1-2H3. The number of rotatable bonds is 2. The Bertz CT molecular complexity index is 284. The molecule has 3 nitrogen and oxygen atoms in total. The van der Waals surface area contributed by atoms with Gasteiger partial charge in [0.15, 0.2) is 0 Å². The van der Waals surface area contributed by atoms with Crippen LogP contribution in [0.5, 0.6) is 0 Å². The normalized spacial score (nSPS) is 26.0. The molecule has 1 aromatic rings. The van der Waals surface area contributed by atoms with Crippen molar-refractivity contribution in [3.05, 3.63) is 6.20 Å². The van der Waals surface area contributed by atoms with E-state index in [9.17, 15) is 0 Å². The Labute approximate surface area is 92.8 Å². The second kappa shape index (κ2) is 4.06. The van der Waals surface area contributed by atoms with Gasteiger partial charge in [0.05, 0.1) is 6.20 Å². The van der Waals surface area contributed by atoms with Crippen molar-refractivity contribution in [1.29, 1.82) is 0 Å². The summed E-state index contributed by atoms with van der Waals surface area (Å²) in [6.45, 7) is 4.66. The number of hydrogen-bond donors (Lipinski definition) is 1. The van der Waals surface area contributed by atoms with Crippen LogP contribution in [0.25, 0.3) is 0 Å². The zero-order valence-corrected chi connectivity index (χ0v) is 10.1. The number of hydrogen-bond acceptors (Lipinski definition) is 5. The number of nitrogens with zero attached hydrogens (tertiary/aromatic N) is 2. The molecule has 0 saturated carbocycles. The topological polar surface area (TPSA) is 37.8 Å². The zero-order chi connectivity index (χ0) is 10.0. The van der Waals surface area contributed by atoms with Crippen molar-refractivity contribution < 1.29 is 0 Å². The molecule has 1 aliphatic rings. The first-order chi connectivity index (χ1) is 6.68. The van der Waals surface area contributed by atoms with Gasteiger partial charge in [-0.3, -0.25) is 0 Å². The molecule has 78 valence electrons. The lowest BCUT2D eigenvalue weighted by molar-refractivity contribution is 0.305. The van der Waals surface area contributed by atoms with Gasteiger partial charge in [-0.05, 0) is 17.6 Å². The zero-order valence-electron chi connectivity index (χ0n) is 8.49. The van der Waals surface area contributed by atoms with Crippen LogP contribution in [0.3, 0.4) is 0 Å². The summed E-state index contributed by atoms with van der Waals surface area (Å²) in [4.78, 5) is 0. The van der Waals surface area contributed by atoms with Crippen LogP contribution >= 0.6 is 23.3 Å². The summed E-state index contributed by atoms with van der Waals surface area (Å²) in [6, 6.07) is 0.545. The van der Waals surface area contributed by atoms with Crippen LogP contribution in [-0.4, -0.2) is 27.1 Å². The second-order valence-corrected chi connectivity index (χ2v) is 6.23. The predicted molar refractivity (Wildman–Crippen MR) is 63.0 cm³/mol. The highest BCUT2D eigenvalue weighted by Gasteiger charge is 2.32. The number of nitrogens with one attached hydrogen (secondary N) is 1. The van der Waals surface area contributed by atoms with E-state index in [2.05, 4.69) is 28.8 Å². The van der Waals surface area contributed by atoms with Crippen molar-refractivity contribution in [3.8, 4) is 0 Å². The van der Waals surface area contributed by atoms with Gasteiger partial charge in [-0.25, -0.2) is 0 Å². The van der Waals surface area contributed by atoms with Gasteiger partial charge in [0.1, 0.15) is 5.00 Å². The number of thioether (sulfide) groups is 1. The third-order valence-corrected chi connectivity index (χ3v) is 4.45. The lowest BCUT2D eigenvalue weighted by Gasteiger charge is -2.38. The van der Waals surface area contributed by atoms with Crippen molar-refractivity contribution in [1.82, 2.24) is 9.59 Å². The highest BCUT2D eigenvalue weighted by Crippen LogP contribution is 2.36. The van der Waals surface area contributed by atoms with E-state index in [0.717, 1.165) is 5.00 Å². The molecule has 2 heterocycles. The molecule has 2 rings (SSSR count). The smallest absolute Gasteiger partial charge is 0.130 e. The molecule has 1 atom stereocenters. The molecule has 5 heteroatoms. The van der Waals surface area contributed by atoms with Crippen LogP contribution < -0.4 is 5.32 Å². The van der Waals surface area contributed by atoms with Crippen LogP contribution in [0.1, 0.15) is 20.3 Å². The van der Waals surface area contributed by atoms with Crippen LogP contribution in [0.4, 0.5) is 5.00 Å². The minimum absolute atomic E-state index is 0.384. The molecular formula is C9H15N3S2. The Hall–Kier alpha value is -0.290. The first-order valence-corrected chi connectivity index (χ1v) is 6.73. The summed E-state index contributed by atoms with van der Waals surface area (Å²) < 4.78 is 3.86. The van der Waals surface area contributed by atoms with Crippen molar-refractivity contribution in [3.63, 3.8) is 0 Å². The average molecular weight is 229 g/mol. The maximum atomic E-state index is 3.86. The Morgan fingerprint density at radius 2 is 2.43 bits per heavy atom. The quantitative estimate of drug-likeness (QED) is 0.845. The lowest BCUT2D eigenvalue weighted by Crippen LogP contribution is -2.41. The van der Waals surface area contributed by atoms with Crippen LogP contribution in [0, 0.1) is 5.41 Å². The molecule has 0 radical (unpaired) electrons. The Kier molecular flexibility index (Phi) is 2.97. The van der Waals surface area contributed by atoms with E-state index < -0.39 is 0 Å². The Morgan fingerprint density at radius 1 is 1.57 bits per heavy atom. The minimum Gasteiger partial charge on any atom is -0.370 e. The summed E-state index contributed by atoms with van der Waals surface area (Å²) in [5.74, 6) is 2.47. The molecule has 0 spiro atoms. The molecule has 14 heavy (non-hydrogen) atoms. The van der Waals surface area contributed by atoms with Gasteiger partial charge < -0.3 is 5.32 Å². The first-order valence-electron chi connectivity index (χ1n) is 4.80. The molecule has 0 aromatic carbocycles. The molecular weight excluding hydrogens is 214 g/mol. The maximum Gasteiger partial charge on any atom is 0.130 e. The monoisotopic (exact) mass is 229 g/mol. The van der Waals surface area contributed by atoms with Gasteiger partial charge >= 0.3 is 0 Å². The number of aromatic nitrogens is 2. The summed E-state index contributed by atoms with van der Waals surface area (Å²) in [7, 11) is 0. The Morgan fingerprint density at radius 3 is 3.07 bits per heavy atom. The van der Waals surface area contributed by atoms with Crippen molar-refractivity contribution in [2.75, 3.05) is 16.8 Å². The average Bonchev–Trinajstić information content (AvgIpc) is 2.61. The maximum absolute atomic E-state index is 3.86. The highest BCUT2D eigenvalue weighted by atomic mass is 32.2. The van der Waals surface area contributed by atoms with E-state index in [4.69, 9.17) is 0 Å². The van der Waals surface area contributed by atoms with Gasteiger partial charge in [0, 0.05) is 23.3 Å². The summed E-state index contributed by atoms with van der Waals surface area (Å²) >= 11 is 3.46. The molecule has 1 fully saturated rings. The third-order valence-electron chi connectivity index (χ3n) is 2.80. The van der Waals surface area contributed by atoms with Gasteiger partial charge in [0.25, 0.3) is 0 Å². The van der Waals surface area contributed by atoms with Crippen LogP contribution in [0.2, 0.25) is 0 Å². The minimum atomic E-state index is 0.384. The fraction of sp³-hybridized carbons (Fsp3) is 0.778. The summed E-state index contributed by atoms with van der Waals surface area (Å²) in [5.41, 5.74) is 0.384. The second-order valence-electron chi connectivity index (χ2n) is 4.29. The highest BCUT2D eigenvalue weighted by molar-refractivity contribution is 7.99. The molecule has 1 saturated heterocycles. The third kappa shape index (κ3) is 2.20. The van der Waals surface area contributed by atoms with Crippen molar-refractivity contribution >= 4 is 28.3 Å². The number of anilines is 1. The van der Waals surface area contributed by atoms with Gasteiger partial charge in [-0.1, -0.05) is 18.3 Å². The summed E-state index contributed by atoms with van der Waals surface area (Å²) in [5, 5.41) is 8.45. The SMILES string of the molecule is CC1(C)CCSCC1Nc1cnns1. The van der Waals surface area contributed by atoms with E-state index in [1.807, 2.05) is 11.8 Å². The summed E-state index contributed by atoms with van der Waals surface area (Å²) in [6.07, 6.45) is 3.08. The van der Waals surface area contributed by atoms with Gasteiger partial charge in [-0.15, -0.1) is 5.10 Å². The van der Waals surface area contributed by atoms with Gasteiger partial charge in [0.2, 0.25) is 0 Å². The van der Waals surface area contributed by atoms with Crippen LogP contribution in [-0.2, 0) is 0 Å². The van der Waals surface area contributed by atoms with Gasteiger partial charge in [-0.2, -0.15) is 11.8 Å². The van der Waals surface area contributed by atoms with E-state index in [-0.39, 0.29) is 0 Å². The molecule has 1 aromatic heterocycles. The van der Waals surface area contributed by atoms with Crippen molar-refractivity contribution in [2.45, 2.75) is 26.3 Å². The van der Waals surface area contributed by atoms with E-state index in [0.29, 0.717) is 11.5 Å². The van der Waals surface area contributed by atoms with Crippen molar-refractivity contribution in [2.24, 2.45) is 5.41 Å². The van der Waals surface area contributed by atoms with E-state index in [1.54, 1.807) is 6.20 Å². The molecule has 1 aliphatic heterocycles. The fourth-order valence-corrected chi connectivity index (χ4v) is 3.65. The predicted octanol–water partition coefficient (Wildman–Crippen LogP) is 2.48. The fourth-order valence-electron chi connectivity index (χ4n) is 1.58. The molecule has 1 unspecified atom stereocenters. The largest absolute Gasteiger partial charge is 0.370 e. The van der Waals surface area contributed by atoms with E-state index >= 15 is 0 Å². The van der Waals surface area contributed by atoms with E-state index in [1.165, 1.54) is 29.5 Å². The molecule has 1 N–H and O–H groups in total. The Balaban J connectivity index is 2.02. The first kappa shape index (κ1) is 10.2. The molecule has 0 aliphatic carbocycles. The molecule has 0 amide bonds. The molecule has 0 bridgehead atoms. The lowest BCUT2D eigenvalue weighted by atomic mass is 9.82.